The van der Waals surface area contributed by atoms with Crippen LogP contribution in [0, 0.1) is 13.8 Å². The van der Waals surface area contributed by atoms with Gasteiger partial charge >= 0.3 is 0 Å². The fraction of sp³-hybridized carbons (Fsp3) is 0.400. The second-order valence-electron chi connectivity index (χ2n) is 6.82. The first-order valence-corrected chi connectivity index (χ1v) is 8.70. The first kappa shape index (κ1) is 17.4. The average Bonchev–Trinajstić information content (AvgIpc) is 2.60. The van der Waals surface area contributed by atoms with Gasteiger partial charge in [-0.05, 0) is 38.1 Å². The van der Waals surface area contributed by atoms with Crippen molar-refractivity contribution in [1.29, 1.82) is 0 Å². The van der Waals surface area contributed by atoms with E-state index in [0.29, 0.717) is 25.2 Å². The van der Waals surface area contributed by atoms with Crippen LogP contribution in [0.3, 0.4) is 0 Å². The Labute approximate surface area is 148 Å². The average molecular weight is 339 g/mol. The summed E-state index contributed by atoms with van der Waals surface area (Å²) in [4.78, 5) is 30.0. The Bertz CT molecular complexity index is 819. The number of aryl methyl sites for hydroxylation is 2. The van der Waals surface area contributed by atoms with Crippen LogP contribution in [0.1, 0.15) is 27.2 Å². The van der Waals surface area contributed by atoms with Gasteiger partial charge < -0.3 is 14.4 Å². The summed E-state index contributed by atoms with van der Waals surface area (Å²) in [5.74, 6) is -0.141. The minimum Gasteiger partial charge on any atom is -0.336 e. The fourth-order valence-electron chi connectivity index (χ4n) is 3.32. The van der Waals surface area contributed by atoms with E-state index < -0.39 is 0 Å². The van der Waals surface area contributed by atoms with Crippen molar-refractivity contribution in [3.8, 4) is 0 Å². The van der Waals surface area contributed by atoms with Crippen LogP contribution in [0.5, 0.6) is 0 Å². The number of likely N-dealkylation sites (N-methyl/N-ethyl adjacent to an activating group) is 1. The van der Waals surface area contributed by atoms with E-state index in [1.807, 2.05) is 57.3 Å². The second-order valence-corrected chi connectivity index (χ2v) is 6.82. The van der Waals surface area contributed by atoms with Crippen LogP contribution >= 0.6 is 0 Å². The lowest BCUT2D eigenvalue weighted by Gasteiger charge is -2.32. The quantitative estimate of drug-likeness (QED) is 0.858. The molecule has 1 aromatic carbocycles. The third kappa shape index (κ3) is 3.66. The second kappa shape index (κ2) is 7.23. The number of amides is 1. The Morgan fingerprint density at radius 1 is 1.04 bits per heavy atom. The summed E-state index contributed by atoms with van der Waals surface area (Å²) in [6, 6.07) is 11.8. The molecular formula is C20H25N3O2. The van der Waals surface area contributed by atoms with Crippen LogP contribution in [0.25, 0.3) is 0 Å². The van der Waals surface area contributed by atoms with E-state index >= 15 is 0 Å². The van der Waals surface area contributed by atoms with Gasteiger partial charge in [-0.1, -0.05) is 30.3 Å². The van der Waals surface area contributed by atoms with E-state index in [1.54, 1.807) is 9.47 Å². The van der Waals surface area contributed by atoms with Gasteiger partial charge in [0, 0.05) is 31.9 Å². The smallest absolute Gasteiger partial charge is 0.264 e. The summed E-state index contributed by atoms with van der Waals surface area (Å²) < 4.78 is 1.70. The van der Waals surface area contributed by atoms with Gasteiger partial charge in [-0.25, -0.2) is 0 Å². The van der Waals surface area contributed by atoms with Gasteiger partial charge in [-0.3, -0.25) is 9.59 Å². The van der Waals surface area contributed by atoms with Crippen molar-refractivity contribution >= 4 is 5.91 Å². The molecule has 2 aromatic rings. The SMILES string of the molecule is Cc1cc(C)n(Cc2ccccc2)c(=O)c1C(=O)N1CCN(C)CC1. The third-order valence-electron chi connectivity index (χ3n) is 4.89. The van der Waals surface area contributed by atoms with Crippen LogP contribution in [-0.2, 0) is 6.54 Å². The summed E-state index contributed by atoms with van der Waals surface area (Å²) in [7, 11) is 2.05. The molecule has 0 radical (unpaired) electrons. The Hall–Kier alpha value is -2.40. The molecule has 0 spiro atoms. The molecule has 5 heteroatoms. The van der Waals surface area contributed by atoms with E-state index in [1.165, 1.54) is 0 Å². The molecule has 25 heavy (non-hydrogen) atoms. The zero-order valence-corrected chi connectivity index (χ0v) is 15.2. The zero-order chi connectivity index (χ0) is 18.0. The van der Waals surface area contributed by atoms with Gasteiger partial charge in [0.05, 0.1) is 6.54 Å². The van der Waals surface area contributed by atoms with Crippen molar-refractivity contribution in [3.05, 3.63) is 69.1 Å². The fourth-order valence-corrected chi connectivity index (χ4v) is 3.32. The molecular weight excluding hydrogens is 314 g/mol. The molecule has 0 bridgehead atoms. The van der Waals surface area contributed by atoms with Gasteiger partial charge in [0.15, 0.2) is 0 Å². The van der Waals surface area contributed by atoms with Crippen LogP contribution in [0.2, 0.25) is 0 Å². The summed E-state index contributed by atoms with van der Waals surface area (Å²) in [6.07, 6.45) is 0. The molecule has 1 aliphatic heterocycles. The number of carbonyl (C=O) groups is 1. The van der Waals surface area contributed by atoms with E-state index in [0.717, 1.165) is 29.9 Å². The van der Waals surface area contributed by atoms with E-state index in [9.17, 15) is 9.59 Å². The van der Waals surface area contributed by atoms with Crippen molar-refractivity contribution in [2.45, 2.75) is 20.4 Å². The summed E-state index contributed by atoms with van der Waals surface area (Å²) in [5, 5.41) is 0. The lowest BCUT2D eigenvalue weighted by Crippen LogP contribution is -2.48. The van der Waals surface area contributed by atoms with Crippen LogP contribution in [-0.4, -0.2) is 53.5 Å². The molecule has 1 aliphatic rings. The highest BCUT2D eigenvalue weighted by Gasteiger charge is 2.25. The Balaban J connectivity index is 1.95. The molecule has 1 saturated heterocycles. The third-order valence-corrected chi connectivity index (χ3v) is 4.89. The Kier molecular flexibility index (Phi) is 5.04. The topological polar surface area (TPSA) is 45.6 Å². The van der Waals surface area contributed by atoms with Gasteiger partial charge in [0.2, 0.25) is 0 Å². The number of rotatable bonds is 3. The van der Waals surface area contributed by atoms with E-state index in [2.05, 4.69) is 4.90 Å². The molecule has 1 aromatic heterocycles. The normalized spacial score (nSPS) is 15.4. The molecule has 0 aliphatic carbocycles. The number of piperazine rings is 1. The largest absolute Gasteiger partial charge is 0.336 e. The number of hydrogen-bond acceptors (Lipinski definition) is 3. The van der Waals surface area contributed by atoms with Crippen LogP contribution in [0.15, 0.2) is 41.2 Å². The minimum atomic E-state index is -0.190. The number of nitrogens with zero attached hydrogens (tertiary/aromatic N) is 3. The maximum absolute atomic E-state index is 13.1. The van der Waals surface area contributed by atoms with Crippen molar-refractivity contribution in [2.24, 2.45) is 0 Å². The van der Waals surface area contributed by atoms with Gasteiger partial charge in [0.25, 0.3) is 11.5 Å². The van der Waals surface area contributed by atoms with Gasteiger partial charge in [0.1, 0.15) is 5.56 Å². The summed E-state index contributed by atoms with van der Waals surface area (Å²) in [5.41, 5.74) is 2.81. The predicted molar refractivity (Wildman–Crippen MR) is 99.1 cm³/mol. The highest BCUT2D eigenvalue weighted by molar-refractivity contribution is 5.95. The molecule has 0 atom stereocenters. The molecule has 0 N–H and O–H groups in total. The van der Waals surface area contributed by atoms with Crippen LogP contribution < -0.4 is 5.56 Å². The Morgan fingerprint density at radius 3 is 2.32 bits per heavy atom. The van der Waals surface area contributed by atoms with Crippen LogP contribution in [0.4, 0.5) is 0 Å². The van der Waals surface area contributed by atoms with Crippen molar-refractivity contribution in [2.75, 3.05) is 33.2 Å². The molecule has 5 nitrogen and oxygen atoms in total. The van der Waals surface area contributed by atoms with E-state index in [-0.39, 0.29) is 11.5 Å². The number of pyridine rings is 1. The highest BCUT2D eigenvalue weighted by Crippen LogP contribution is 2.13. The number of aromatic nitrogens is 1. The lowest BCUT2D eigenvalue weighted by molar-refractivity contribution is 0.0661. The standard InChI is InChI=1S/C20H25N3O2/c1-15-13-16(2)23(14-17-7-5-4-6-8-17)20(25)18(15)19(24)22-11-9-21(3)10-12-22/h4-8,13H,9-12,14H2,1-3H3. The van der Waals surface area contributed by atoms with Crippen molar-refractivity contribution < 1.29 is 4.79 Å². The minimum absolute atomic E-state index is 0.141. The molecule has 1 fully saturated rings. The Morgan fingerprint density at radius 2 is 1.68 bits per heavy atom. The zero-order valence-electron chi connectivity index (χ0n) is 15.2. The van der Waals surface area contributed by atoms with Crippen molar-refractivity contribution in [1.82, 2.24) is 14.4 Å². The summed E-state index contributed by atoms with van der Waals surface area (Å²) in [6.45, 7) is 7.27. The van der Waals surface area contributed by atoms with Gasteiger partial charge in [-0.15, -0.1) is 0 Å². The first-order chi connectivity index (χ1) is 12.0. The highest BCUT2D eigenvalue weighted by atomic mass is 16.2. The molecule has 0 unspecified atom stereocenters. The molecule has 0 saturated carbocycles. The number of benzene rings is 1. The predicted octanol–water partition coefficient (Wildman–Crippen LogP) is 1.90. The molecule has 2 heterocycles. The number of hydrogen-bond donors (Lipinski definition) is 0. The molecule has 132 valence electrons. The lowest BCUT2D eigenvalue weighted by atomic mass is 10.1. The maximum atomic E-state index is 13.1. The van der Waals surface area contributed by atoms with Crippen molar-refractivity contribution in [3.63, 3.8) is 0 Å². The summed E-state index contributed by atoms with van der Waals surface area (Å²) >= 11 is 0. The number of carbonyl (C=O) groups excluding carboxylic acids is 1. The first-order valence-electron chi connectivity index (χ1n) is 8.70. The van der Waals surface area contributed by atoms with E-state index in [4.69, 9.17) is 0 Å². The maximum Gasteiger partial charge on any atom is 0.264 e. The molecule has 3 rings (SSSR count). The van der Waals surface area contributed by atoms with Gasteiger partial charge in [-0.2, -0.15) is 0 Å². The molecule has 1 amide bonds. The monoisotopic (exact) mass is 339 g/mol.